The number of amides is 1. The van der Waals surface area contributed by atoms with E-state index in [1.54, 1.807) is 0 Å². The third-order valence-corrected chi connectivity index (χ3v) is 2.49. The summed E-state index contributed by atoms with van der Waals surface area (Å²) in [4.78, 5) is 22.3. The molecule has 0 spiro atoms. The molecule has 1 aromatic carbocycles. The Morgan fingerprint density at radius 3 is 2.42 bits per heavy atom. The topological polar surface area (TPSA) is 75.6 Å². The lowest BCUT2D eigenvalue weighted by molar-refractivity contribution is -0.146. The standard InChI is InChI=1S/C13H16FNO4/c1-13(2,12(17)18)8-15-11(16)7-19-10-5-3-9(14)4-6-10/h3-6H,7-8H2,1-2H3,(H,15,16)(H,17,18). The van der Waals surface area contributed by atoms with Crippen LogP contribution in [0.2, 0.25) is 0 Å². The van der Waals surface area contributed by atoms with Gasteiger partial charge in [-0.3, -0.25) is 9.59 Å². The number of carbonyl (C=O) groups is 2. The lowest BCUT2D eigenvalue weighted by Crippen LogP contribution is -2.40. The molecule has 0 saturated carbocycles. The second-order valence-electron chi connectivity index (χ2n) is 4.71. The summed E-state index contributed by atoms with van der Waals surface area (Å²) < 4.78 is 17.7. The molecule has 0 aliphatic heterocycles. The van der Waals surface area contributed by atoms with Gasteiger partial charge in [0.2, 0.25) is 0 Å². The minimum absolute atomic E-state index is 0.00788. The average Bonchev–Trinajstić information content (AvgIpc) is 2.35. The van der Waals surface area contributed by atoms with E-state index in [0.29, 0.717) is 5.75 Å². The predicted octanol–water partition coefficient (Wildman–Crippen LogP) is 1.43. The van der Waals surface area contributed by atoms with E-state index in [0.717, 1.165) is 0 Å². The Hall–Kier alpha value is -2.11. The predicted molar refractivity (Wildman–Crippen MR) is 66.3 cm³/mol. The van der Waals surface area contributed by atoms with Gasteiger partial charge in [-0.15, -0.1) is 0 Å². The summed E-state index contributed by atoms with van der Waals surface area (Å²) in [6, 6.07) is 5.26. The van der Waals surface area contributed by atoms with Crippen LogP contribution in [0, 0.1) is 11.2 Å². The number of nitrogens with one attached hydrogen (secondary N) is 1. The zero-order valence-corrected chi connectivity index (χ0v) is 10.8. The van der Waals surface area contributed by atoms with Crippen LogP contribution in [-0.2, 0) is 9.59 Å². The van der Waals surface area contributed by atoms with Crippen molar-refractivity contribution in [1.82, 2.24) is 5.32 Å². The fraction of sp³-hybridized carbons (Fsp3) is 0.385. The van der Waals surface area contributed by atoms with Gasteiger partial charge in [0.15, 0.2) is 6.61 Å². The summed E-state index contributed by atoms with van der Waals surface area (Å²) in [5.74, 6) is -1.44. The van der Waals surface area contributed by atoms with Crippen LogP contribution in [-0.4, -0.2) is 30.1 Å². The number of carboxylic acid groups (broad SMARTS) is 1. The second-order valence-corrected chi connectivity index (χ2v) is 4.71. The summed E-state index contributed by atoms with van der Waals surface area (Å²) in [5.41, 5.74) is -1.04. The highest BCUT2D eigenvalue weighted by molar-refractivity contribution is 5.79. The van der Waals surface area contributed by atoms with Gasteiger partial charge in [0, 0.05) is 6.54 Å². The molecule has 2 N–H and O–H groups in total. The molecule has 0 aromatic heterocycles. The van der Waals surface area contributed by atoms with Crippen molar-refractivity contribution in [3.8, 4) is 5.75 Å². The van der Waals surface area contributed by atoms with E-state index in [1.807, 2.05) is 0 Å². The lowest BCUT2D eigenvalue weighted by atomic mass is 9.94. The van der Waals surface area contributed by atoms with Gasteiger partial charge in [0.25, 0.3) is 5.91 Å². The zero-order chi connectivity index (χ0) is 14.5. The molecule has 0 aliphatic rings. The molecule has 6 heteroatoms. The van der Waals surface area contributed by atoms with E-state index >= 15 is 0 Å². The molecular formula is C13H16FNO4. The van der Waals surface area contributed by atoms with Gasteiger partial charge >= 0.3 is 5.97 Å². The first kappa shape index (κ1) is 14.9. The molecule has 5 nitrogen and oxygen atoms in total. The van der Waals surface area contributed by atoms with Gasteiger partial charge < -0.3 is 15.2 Å². The minimum Gasteiger partial charge on any atom is -0.484 e. The smallest absolute Gasteiger partial charge is 0.310 e. The Balaban J connectivity index is 2.36. The minimum atomic E-state index is -1.04. The maximum atomic E-state index is 12.6. The highest BCUT2D eigenvalue weighted by Gasteiger charge is 2.27. The maximum Gasteiger partial charge on any atom is 0.310 e. The Morgan fingerprint density at radius 2 is 1.89 bits per heavy atom. The molecule has 0 heterocycles. The third kappa shape index (κ3) is 4.95. The van der Waals surface area contributed by atoms with Crippen molar-refractivity contribution < 1.29 is 23.8 Å². The third-order valence-electron chi connectivity index (χ3n) is 2.49. The maximum absolute atomic E-state index is 12.6. The Kier molecular flexibility index (Phi) is 4.86. The van der Waals surface area contributed by atoms with Crippen LogP contribution >= 0.6 is 0 Å². The average molecular weight is 269 g/mol. The number of rotatable bonds is 6. The van der Waals surface area contributed by atoms with E-state index in [2.05, 4.69) is 5.32 Å². The fourth-order valence-electron chi connectivity index (χ4n) is 1.13. The number of hydrogen-bond donors (Lipinski definition) is 2. The van der Waals surface area contributed by atoms with Gasteiger partial charge in [-0.2, -0.15) is 0 Å². The van der Waals surface area contributed by atoms with Gasteiger partial charge in [-0.25, -0.2) is 4.39 Å². The number of ether oxygens (including phenoxy) is 1. The quantitative estimate of drug-likeness (QED) is 0.819. The molecule has 1 amide bonds. The van der Waals surface area contributed by atoms with E-state index in [1.165, 1.54) is 38.1 Å². The molecule has 1 aromatic rings. The number of benzene rings is 1. The number of carboxylic acids is 1. The monoisotopic (exact) mass is 269 g/mol. The van der Waals surface area contributed by atoms with Gasteiger partial charge in [0.05, 0.1) is 5.41 Å². The first-order chi connectivity index (χ1) is 8.81. The molecule has 0 atom stereocenters. The molecule has 19 heavy (non-hydrogen) atoms. The molecule has 104 valence electrons. The van der Waals surface area contributed by atoms with Crippen molar-refractivity contribution in [1.29, 1.82) is 0 Å². The summed E-state index contributed by atoms with van der Waals surface area (Å²) in [6.45, 7) is 2.78. The Labute approximate surface area is 110 Å². The second kappa shape index (κ2) is 6.17. The van der Waals surface area contributed by atoms with Crippen molar-refractivity contribution >= 4 is 11.9 Å². The molecular weight excluding hydrogens is 253 g/mol. The van der Waals surface area contributed by atoms with Crippen LogP contribution in [0.25, 0.3) is 0 Å². The van der Waals surface area contributed by atoms with Crippen molar-refractivity contribution in [2.24, 2.45) is 5.41 Å². The Bertz CT molecular complexity index is 456. The Morgan fingerprint density at radius 1 is 1.32 bits per heavy atom. The van der Waals surface area contributed by atoms with E-state index in [9.17, 15) is 14.0 Å². The van der Waals surface area contributed by atoms with Crippen LogP contribution in [0.1, 0.15) is 13.8 Å². The summed E-state index contributed by atoms with van der Waals surface area (Å²) in [5, 5.41) is 11.3. The van der Waals surface area contributed by atoms with Crippen molar-refractivity contribution in [2.45, 2.75) is 13.8 Å². The van der Waals surface area contributed by atoms with Gasteiger partial charge in [-0.1, -0.05) is 0 Å². The van der Waals surface area contributed by atoms with Crippen LogP contribution in [0.5, 0.6) is 5.75 Å². The number of halogens is 1. The van der Waals surface area contributed by atoms with Gasteiger partial charge in [0.1, 0.15) is 11.6 Å². The molecule has 0 radical (unpaired) electrons. The summed E-state index contributed by atoms with van der Waals surface area (Å²) >= 11 is 0. The van der Waals surface area contributed by atoms with E-state index < -0.39 is 17.3 Å². The first-order valence-corrected chi connectivity index (χ1v) is 5.70. The number of aliphatic carboxylic acids is 1. The van der Waals surface area contributed by atoms with Crippen LogP contribution in [0.4, 0.5) is 4.39 Å². The molecule has 0 bridgehead atoms. The molecule has 0 unspecified atom stereocenters. The normalized spacial score (nSPS) is 10.9. The van der Waals surface area contributed by atoms with Crippen molar-refractivity contribution in [3.63, 3.8) is 0 Å². The van der Waals surface area contributed by atoms with Crippen LogP contribution < -0.4 is 10.1 Å². The van der Waals surface area contributed by atoms with Crippen molar-refractivity contribution in [2.75, 3.05) is 13.2 Å². The highest BCUT2D eigenvalue weighted by atomic mass is 19.1. The van der Waals surface area contributed by atoms with E-state index in [4.69, 9.17) is 9.84 Å². The molecule has 0 aliphatic carbocycles. The summed E-state index contributed by atoms with van der Waals surface area (Å²) in [7, 11) is 0. The fourth-order valence-corrected chi connectivity index (χ4v) is 1.13. The molecule has 1 rings (SSSR count). The van der Waals surface area contributed by atoms with E-state index in [-0.39, 0.29) is 19.0 Å². The zero-order valence-electron chi connectivity index (χ0n) is 10.8. The van der Waals surface area contributed by atoms with Crippen LogP contribution in [0.15, 0.2) is 24.3 Å². The molecule has 0 saturated heterocycles. The summed E-state index contributed by atoms with van der Waals surface area (Å²) in [6.07, 6.45) is 0. The SMILES string of the molecule is CC(C)(CNC(=O)COc1ccc(F)cc1)C(=O)O. The number of hydrogen-bond acceptors (Lipinski definition) is 3. The lowest BCUT2D eigenvalue weighted by Gasteiger charge is -2.19. The van der Waals surface area contributed by atoms with Gasteiger partial charge in [-0.05, 0) is 38.1 Å². The number of carbonyl (C=O) groups excluding carboxylic acids is 1. The van der Waals surface area contributed by atoms with Crippen molar-refractivity contribution in [3.05, 3.63) is 30.1 Å². The first-order valence-electron chi connectivity index (χ1n) is 5.70. The van der Waals surface area contributed by atoms with Crippen LogP contribution in [0.3, 0.4) is 0 Å². The highest BCUT2D eigenvalue weighted by Crippen LogP contribution is 2.13. The largest absolute Gasteiger partial charge is 0.484 e. The molecule has 0 fully saturated rings.